The lowest BCUT2D eigenvalue weighted by Gasteiger charge is -2.40. The predicted octanol–water partition coefficient (Wildman–Crippen LogP) is -0.395. The number of rotatable bonds is 3. The fourth-order valence-corrected chi connectivity index (χ4v) is 3.44. The molecule has 0 aliphatic carbocycles. The third-order valence-electron chi connectivity index (χ3n) is 3.70. The second-order valence-electron chi connectivity index (χ2n) is 6.56. The van der Waals surface area contributed by atoms with Crippen LogP contribution in [0.5, 0.6) is 0 Å². The molecule has 0 saturated carbocycles. The van der Waals surface area contributed by atoms with Crippen molar-refractivity contribution in [2.24, 2.45) is 5.14 Å². The lowest BCUT2D eigenvalue weighted by Crippen LogP contribution is -2.60. The lowest BCUT2D eigenvalue weighted by atomic mass is 9.98. The van der Waals surface area contributed by atoms with Gasteiger partial charge in [0.2, 0.25) is 5.79 Å². The Labute approximate surface area is 129 Å². The van der Waals surface area contributed by atoms with E-state index in [1.165, 1.54) is 0 Å². The monoisotopic (exact) mass is 345 g/mol. The summed E-state index contributed by atoms with van der Waals surface area (Å²) in [4.78, 5) is 0. The fraction of sp³-hybridized carbons (Fsp3) is 1.00. The second-order valence-corrected chi connectivity index (χ2v) is 7.78. The van der Waals surface area contributed by atoms with Crippen LogP contribution in [0.3, 0.4) is 0 Å². The van der Waals surface area contributed by atoms with Crippen molar-refractivity contribution in [3.8, 4) is 0 Å². The molecule has 22 heavy (non-hydrogen) atoms. The maximum Gasteiger partial charge on any atom is 0.333 e. The zero-order valence-electron chi connectivity index (χ0n) is 12.9. The summed E-state index contributed by atoms with van der Waals surface area (Å²) in [5.41, 5.74) is 0. The van der Waals surface area contributed by atoms with Crippen molar-refractivity contribution >= 4 is 10.3 Å². The standard InChI is InChI=1S/C12H21NO8S/c1-10(2)18-7-5-16-12(6-17-22(13,14)15)9(8(7)19-10)20-11(3,4)21-12/h7-9H,5-6H2,1-4H3,(H2,13,14,15)/t7-,8-,9+,12+/m1/s1/i1+1,2+1,3+1,4+1,10+1,11+1. The molecular weight excluding hydrogens is 324 g/mol. The first-order chi connectivity index (χ1) is 9.92. The first kappa shape index (κ1) is 16.5. The molecule has 128 valence electrons. The molecule has 3 rings (SSSR count). The Morgan fingerprint density at radius 3 is 2.45 bits per heavy atom. The lowest BCUT2D eigenvalue weighted by molar-refractivity contribution is -0.290. The van der Waals surface area contributed by atoms with Crippen LogP contribution in [0.4, 0.5) is 0 Å². The summed E-state index contributed by atoms with van der Waals surface area (Å²) in [6.07, 6.45) is -1.50. The molecule has 0 aromatic rings. The normalized spacial score (nSPS) is 42.9. The summed E-state index contributed by atoms with van der Waals surface area (Å²) < 4.78 is 55.9. The minimum absolute atomic E-state index is 0.165. The molecule has 0 aromatic heterocycles. The third kappa shape index (κ3) is 3.02. The summed E-state index contributed by atoms with van der Waals surface area (Å²) in [6.45, 7) is 6.71. The number of ether oxygens (including phenoxy) is 5. The van der Waals surface area contributed by atoms with E-state index < -0.39 is 46.5 Å². The van der Waals surface area contributed by atoms with Crippen LogP contribution in [0.25, 0.3) is 0 Å². The Kier molecular flexibility index (Phi) is 3.63. The van der Waals surface area contributed by atoms with Gasteiger partial charge in [-0.05, 0) is 27.7 Å². The Morgan fingerprint density at radius 2 is 1.82 bits per heavy atom. The van der Waals surface area contributed by atoms with Gasteiger partial charge in [0.25, 0.3) is 0 Å². The van der Waals surface area contributed by atoms with E-state index in [2.05, 4.69) is 0 Å². The molecule has 0 amide bonds. The molecule has 3 fully saturated rings. The maximum absolute atomic E-state index is 11.1. The fourth-order valence-electron chi connectivity index (χ4n) is 3.11. The quantitative estimate of drug-likeness (QED) is 0.687. The average Bonchev–Trinajstić information content (AvgIpc) is 2.78. The van der Waals surface area contributed by atoms with Crippen molar-refractivity contribution in [1.29, 1.82) is 0 Å². The Hall–Kier alpha value is -0.330. The van der Waals surface area contributed by atoms with Crippen LogP contribution in [-0.4, -0.2) is 57.3 Å². The molecule has 3 heterocycles. The molecule has 0 bridgehead atoms. The van der Waals surface area contributed by atoms with Crippen LogP contribution < -0.4 is 5.14 Å². The van der Waals surface area contributed by atoms with Crippen LogP contribution in [0.15, 0.2) is 0 Å². The minimum atomic E-state index is -4.14. The molecule has 4 atom stereocenters. The van der Waals surface area contributed by atoms with Gasteiger partial charge in [0.05, 0.1) is 6.61 Å². The van der Waals surface area contributed by atoms with E-state index in [4.69, 9.17) is 33.0 Å². The van der Waals surface area contributed by atoms with E-state index in [1.807, 2.05) is 0 Å². The Morgan fingerprint density at radius 1 is 1.14 bits per heavy atom. The summed E-state index contributed by atoms with van der Waals surface area (Å²) in [7, 11) is -4.14. The van der Waals surface area contributed by atoms with Crippen molar-refractivity contribution in [2.45, 2.75) is 63.4 Å². The van der Waals surface area contributed by atoms with E-state index in [1.54, 1.807) is 27.7 Å². The highest BCUT2D eigenvalue weighted by molar-refractivity contribution is 7.84. The SMILES string of the molecule is [13CH3][13C]1([13CH3])O[C@@H]2[C@@H](CO[C@@]3(COS(N)(=O)=O)O[13C]([13CH3])([13CH3])O[C@@H]23)O1. The van der Waals surface area contributed by atoms with Gasteiger partial charge in [-0.15, -0.1) is 0 Å². The first-order valence-corrected chi connectivity index (χ1v) is 8.43. The van der Waals surface area contributed by atoms with Gasteiger partial charge in [0, 0.05) is 0 Å². The summed E-state index contributed by atoms with van der Waals surface area (Å²) in [5, 5.41) is 4.89. The van der Waals surface area contributed by atoms with Crippen LogP contribution in [0, 0.1) is 0 Å². The zero-order valence-corrected chi connectivity index (χ0v) is 13.7. The van der Waals surface area contributed by atoms with Gasteiger partial charge in [-0.3, -0.25) is 4.18 Å². The van der Waals surface area contributed by atoms with Gasteiger partial charge in [0.15, 0.2) is 11.6 Å². The van der Waals surface area contributed by atoms with Crippen molar-refractivity contribution in [3.05, 3.63) is 0 Å². The van der Waals surface area contributed by atoms with E-state index in [9.17, 15) is 8.42 Å². The molecule has 0 spiro atoms. The van der Waals surface area contributed by atoms with E-state index >= 15 is 0 Å². The van der Waals surface area contributed by atoms with Crippen molar-refractivity contribution in [1.82, 2.24) is 0 Å². The molecule has 10 heteroatoms. The molecule has 3 saturated heterocycles. The molecule has 3 aliphatic heterocycles. The highest BCUT2D eigenvalue weighted by Gasteiger charge is 2.65. The van der Waals surface area contributed by atoms with Gasteiger partial charge >= 0.3 is 10.3 Å². The molecule has 2 N–H and O–H groups in total. The number of nitrogens with two attached hydrogens (primary N) is 1. The van der Waals surface area contributed by atoms with Crippen LogP contribution in [0.1, 0.15) is 27.7 Å². The van der Waals surface area contributed by atoms with Gasteiger partial charge in [-0.25, -0.2) is 5.14 Å². The highest BCUT2D eigenvalue weighted by atomic mass is 32.2. The van der Waals surface area contributed by atoms with Gasteiger partial charge in [-0.2, -0.15) is 8.42 Å². The second kappa shape index (κ2) is 4.84. The largest absolute Gasteiger partial charge is 0.343 e. The molecule has 9 nitrogen and oxygen atoms in total. The highest BCUT2D eigenvalue weighted by Crippen LogP contribution is 2.47. The Balaban J connectivity index is 1.87. The predicted molar refractivity (Wildman–Crippen MR) is 71.6 cm³/mol. The van der Waals surface area contributed by atoms with E-state index in [0.717, 1.165) is 0 Å². The maximum atomic E-state index is 11.1. The summed E-state index contributed by atoms with van der Waals surface area (Å²) in [6, 6.07) is 0. The molecule has 0 aromatic carbocycles. The van der Waals surface area contributed by atoms with Crippen LogP contribution in [0.2, 0.25) is 0 Å². The molecule has 0 unspecified atom stereocenters. The molecular formula is C12H21NO8S. The zero-order chi connectivity index (χ0) is 16.4. The van der Waals surface area contributed by atoms with Crippen LogP contribution >= 0.6 is 0 Å². The van der Waals surface area contributed by atoms with Crippen molar-refractivity contribution in [2.75, 3.05) is 13.2 Å². The number of fused-ring (bicyclic) bond motifs is 3. The topological polar surface area (TPSA) is 116 Å². The average molecular weight is 345 g/mol. The summed E-state index contributed by atoms with van der Waals surface area (Å²) in [5.74, 6) is -3.19. The van der Waals surface area contributed by atoms with Gasteiger partial charge in [0.1, 0.15) is 24.9 Å². The summed E-state index contributed by atoms with van der Waals surface area (Å²) >= 11 is 0. The van der Waals surface area contributed by atoms with Gasteiger partial charge in [-0.1, -0.05) is 0 Å². The van der Waals surface area contributed by atoms with E-state index in [-0.39, 0.29) is 12.7 Å². The van der Waals surface area contributed by atoms with Gasteiger partial charge < -0.3 is 23.7 Å². The molecule has 0 radical (unpaired) electrons. The molecule has 3 aliphatic rings. The van der Waals surface area contributed by atoms with Crippen molar-refractivity contribution < 1.29 is 36.3 Å². The number of hydrogen-bond acceptors (Lipinski definition) is 8. The Bertz CT molecular complexity index is 561. The number of hydrogen-bond donors (Lipinski definition) is 1. The van der Waals surface area contributed by atoms with Crippen molar-refractivity contribution in [3.63, 3.8) is 0 Å². The minimum Gasteiger partial charge on any atom is -0.343 e. The third-order valence-corrected chi connectivity index (χ3v) is 4.15. The van der Waals surface area contributed by atoms with E-state index in [0.29, 0.717) is 0 Å². The first-order valence-electron chi connectivity index (χ1n) is 6.96. The smallest absolute Gasteiger partial charge is 0.333 e. The van der Waals surface area contributed by atoms with Crippen LogP contribution in [-0.2, 0) is 38.2 Å².